The van der Waals surface area contributed by atoms with E-state index in [1.165, 1.54) is 7.11 Å². The van der Waals surface area contributed by atoms with Gasteiger partial charge in [0.15, 0.2) is 5.75 Å². The summed E-state index contributed by atoms with van der Waals surface area (Å²) in [5, 5.41) is 4.34. The Labute approximate surface area is 139 Å². The van der Waals surface area contributed by atoms with Crippen LogP contribution < -0.4 is 10.1 Å². The van der Waals surface area contributed by atoms with Crippen LogP contribution in [-0.4, -0.2) is 18.0 Å². The Morgan fingerprint density at radius 3 is 2.65 bits per heavy atom. The first-order valence-electron chi connectivity index (χ1n) is 7.13. The number of nitrogens with zero attached hydrogens (tertiary/aromatic N) is 1. The van der Waals surface area contributed by atoms with E-state index < -0.39 is 0 Å². The van der Waals surface area contributed by atoms with Gasteiger partial charge in [-0.05, 0) is 23.8 Å². The number of carbonyl (C=O) groups excluding carboxylic acids is 1. The van der Waals surface area contributed by atoms with Gasteiger partial charge in [-0.3, -0.25) is 9.78 Å². The van der Waals surface area contributed by atoms with Crippen LogP contribution in [0.3, 0.4) is 0 Å². The number of benzene rings is 2. The van der Waals surface area contributed by atoms with Crippen LogP contribution in [0.25, 0.3) is 10.9 Å². The lowest BCUT2D eigenvalue weighted by atomic mass is 10.1. The summed E-state index contributed by atoms with van der Waals surface area (Å²) in [6.07, 6.45) is 1.57. The Kier molecular flexibility index (Phi) is 4.44. The van der Waals surface area contributed by atoms with Crippen LogP contribution in [-0.2, 0) is 6.54 Å². The number of hydrogen-bond acceptors (Lipinski definition) is 3. The predicted molar refractivity (Wildman–Crippen MR) is 90.9 cm³/mol. The molecular formula is C18H15ClN2O2. The molecule has 0 saturated carbocycles. The van der Waals surface area contributed by atoms with Gasteiger partial charge in [0.25, 0.3) is 5.91 Å². The van der Waals surface area contributed by atoms with E-state index in [0.717, 1.165) is 16.5 Å². The van der Waals surface area contributed by atoms with Gasteiger partial charge in [-0.15, -0.1) is 0 Å². The molecule has 1 N–H and O–H groups in total. The fourth-order valence-electron chi connectivity index (χ4n) is 2.39. The van der Waals surface area contributed by atoms with Crippen molar-refractivity contribution >= 4 is 28.4 Å². The fourth-order valence-corrected chi connectivity index (χ4v) is 2.51. The lowest BCUT2D eigenvalue weighted by Crippen LogP contribution is -2.23. The van der Waals surface area contributed by atoms with E-state index >= 15 is 0 Å². The SMILES string of the molecule is COc1cnc2ccccc2c1C(=O)NCc1ccc(Cl)cc1. The molecule has 1 heterocycles. The fraction of sp³-hybridized carbons (Fsp3) is 0.111. The quantitative estimate of drug-likeness (QED) is 0.792. The minimum atomic E-state index is -0.199. The second-order valence-electron chi connectivity index (χ2n) is 5.03. The van der Waals surface area contributed by atoms with Gasteiger partial charge in [-0.2, -0.15) is 0 Å². The highest BCUT2D eigenvalue weighted by molar-refractivity contribution is 6.30. The first kappa shape index (κ1) is 15.3. The number of methoxy groups -OCH3 is 1. The molecule has 0 aliphatic heterocycles. The molecule has 116 valence electrons. The smallest absolute Gasteiger partial charge is 0.256 e. The molecule has 0 atom stereocenters. The van der Waals surface area contributed by atoms with Crippen molar-refractivity contribution in [2.45, 2.75) is 6.54 Å². The van der Waals surface area contributed by atoms with Crippen LogP contribution in [0, 0.1) is 0 Å². The van der Waals surface area contributed by atoms with E-state index in [0.29, 0.717) is 22.9 Å². The number of fused-ring (bicyclic) bond motifs is 1. The molecule has 1 amide bonds. The zero-order chi connectivity index (χ0) is 16.2. The Morgan fingerprint density at radius 1 is 1.17 bits per heavy atom. The number of amides is 1. The molecule has 0 unspecified atom stereocenters. The van der Waals surface area contributed by atoms with E-state index in [9.17, 15) is 4.79 Å². The maximum atomic E-state index is 12.6. The summed E-state index contributed by atoms with van der Waals surface area (Å²) in [5.74, 6) is 0.257. The van der Waals surface area contributed by atoms with Crippen LogP contribution in [0.5, 0.6) is 5.75 Å². The molecule has 0 radical (unpaired) electrons. The van der Waals surface area contributed by atoms with E-state index in [1.54, 1.807) is 18.3 Å². The molecule has 3 rings (SSSR count). The van der Waals surface area contributed by atoms with E-state index in [2.05, 4.69) is 10.3 Å². The average Bonchev–Trinajstić information content (AvgIpc) is 2.60. The highest BCUT2D eigenvalue weighted by atomic mass is 35.5. The van der Waals surface area contributed by atoms with Crippen molar-refractivity contribution < 1.29 is 9.53 Å². The minimum Gasteiger partial charge on any atom is -0.494 e. The van der Waals surface area contributed by atoms with Crippen molar-refractivity contribution in [1.82, 2.24) is 10.3 Å². The van der Waals surface area contributed by atoms with Crippen molar-refractivity contribution in [1.29, 1.82) is 0 Å². The first-order chi connectivity index (χ1) is 11.2. The largest absolute Gasteiger partial charge is 0.494 e. The first-order valence-corrected chi connectivity index (χ1v) is 7.51. The Balaban J connectivity index is 1.89. The molecule has 3 aromatic rings. The highest BCUT2D eigenvalue weighted by Gasteiger charge is 2.16. The molecule has 4 nitrogen and oxygen atoms in total. The number of carbonyl (C=O) groups is 1. The monoisotopic (exact) mass is 326 g/mol. The Morgan fingerprint density at radius 2 is 1.91 bits per heavy atom. The topological polar surface area (TPSA) is 51.2 Å². The van der Waals surface area contributed by atoms with E-state index in [-0.39, 0.29) is 5.91 Å². The zero-order valence-corrected chi connectivity index (χ0v) is 13.3. The number of rotatable bonds is 4. The second-order valence-corrected chi connectivity index (χ2v) is 5.46. The highest BCUT2D eigenvalue weighted by Crippen LogP contribution is 2.25. The van der Waals surface area contributed by atoms with Crippen molar-refractivity contribution in [3.05, 3.63) is 70.9 Å². The second kappa shape index (κ2) is 6.67. The number of ether oxygens (including phenoxy) is 1. The third kappa shape index (κ3) is 3.27. The van der Waals surface area contributed by atoms with Crippen LogP contribution in [0.15, 0.2) is 54.7 Å². The molecule has 0 aliphatic carbocycles. The molecule has 23 heavy (non-hydrogen) atoms. The Hall–Kier alpha value is -2.59. The predicted octanol–water partition coefficient (Wildman–Crippen LogP) is 3.83. The van der Waals surface area contributed by atoms with Gasteiger partial charge in [0.1, 0.15) is 0 Å². The van der Waals surface area contributed by atoms with Crippen LogP contribution in [0.2, 0.25) is 5.02 Å². The van der Waals surface area contributed by atoms with Gasteiger partial charge in [0.05, 0.1) is 24.4 Å². The summed E-state index contributed by atoms with van der Waals surface area (Å²) in [6.45, 7) is 0.413. The maximum absolute atomic E-state index is 12.6. The Bertz CT molecular complexity index is 847. The van der Waals surface area contributed by atoms with Gasteiger partial charge in [0.2, 0.25) is 0 Å². The van der Waals surface area contributed by atoms with Crippen LogP contribution in [0.4, 0.5) is 0 Å². The number of hydrogen-bond donors (Lipinski definition) is 1. The van der Waals surface area contributed by atoms with Crippen molar-refractivity contribution in [2.75, 3.05) is 7.11 Å². The summed E-state index contributed by atoms with van der Waals surface area (Å²) in [4.78, 5) is 16.9. The molecule has 0 bridgehead atoms. The van der Waals surface area contributed by atoms with E-state index in [1.807, 2.05) is 36.4 Å². The van der Waals surface area contributed by atoms with E-state index in [4.69, 9.17) is 16.3 Å². The molecule has 5 heteroatoms. The maximum Gasteiger partial charge on any atom is 0.256 e. The average molecular weight is 327 g/mol. The summed E-state index contributed by atoms with van der Waals surface area (Å²) in [6, 6.07) is 14.8. The number of para-hydroxylation sites is 1. The lowest BCUT2D eigenvalue weighted by Gasteiger charge is -2.12. The standard InChI is InChI=1S/C18H15ClN2O2/c1-23-16-11-20-15-5-3-2-4-14(15)17(16)18(22)21-10-12-6-8-13(19)9-7-12/h2-9,11H,10H2,1H3,(H,21,22). The zero-order valence-electron chi connectivity index (χ0n) is 12.5. The van der Waals surface area contributed by atoms with Crippen molar-refractivity contribution in [2.24, 2.45) is 0 Å². The number of aromatic nitrogens is 1. The molecule has 0 aliphatic rings. The molecule has 2 aromatic carbocycles. The van der Waals surface area contributed by atoms with Crippen LogP contribution >= 0.6 is 11.6 Å². The summed E-state index contributed by atoms with van der Waals surface area (Å²) in [5.41, 5.74) is 2.22. The third-order valence-corrected chi connectivity index (χ3v) is 3.81. The van der Waals surface area contributed by atoms with Crippen LogP contribution in [0.1, 0.15) is 15.9 Å². The number of halogens is 1. The lowest BCUT2D eigenvalue weighted by molar-refractivity contribution is 0.0949. The van der Waals surface area contributed by atoms with Gasteiger partial charge in [0, 0.05) is 17.0 Å². The van der Waals surface area contributed by atoms with Crippen molar-refractivity contribution in [3.63, 3.8) is 0 Å². The van der Waals surface area contributed by atoms with Crippen molar-refractivity contribution in [3.8, 4) is 5.75 Å². The minimum absolute atomic E-state index is 0.199. The molecular weight excluding hydrogens is 312 g/mol. The molecule has 1 aromatic heterocycles. The summed E-state index contributed by atoms with van der Waals surface area (Å²) in [7, 11) is 1.53. The number of nitrogens with one attached hydrogen (secondary N) is 1. The van der Waals surface area contributed by atoms with Gasteiger partial charge in [-0.1, -0.05) is 41.9 Å². The number of pyridine rings is 1. The summed E-state index contributed by atoms with van der Waals surface area (Å²) < 4.78 is 5.30. The molecule has 0 saturated heterocycles. The van der Waals surface area contributed by atoms with Gasteiger partial charge in [-0.25, -0.2) is 0 Å². The molecule has 0 fully saturated rings. The van der Waals surface area contributed by atoms with Gasteiger partial charge >= 0.3 is 0 Å². The molecule has 0 spiro atoms. The normalized spacial score (nSPS) is 10.5. The van der Waals surface area contributed by atoms with Gasteiger partial charge < -0.3 is 10.1 Å². The third-order valence-electron chi connectivity index (χ3n) is 3.55. The summed E-state index contributed by atoms with van der Waals surface area (Å²) >= 11 is 5.86.